The molecule has 0 saturated heterocycles. The highest BCUT2D eigenvalue weighted by Crippen LogP contribution is 2.34. The summed E-state index contributed by atoms with van der Waals surface area (Å²) in [6.07, 6.45) is 1.55. The van der Waals surface area contributed by atoms with Crippen molar-refractivity contribution in [2.45, 2.75) is 27.1 Å². The summed E-state index contributed by atoms with van der Waals surface area (Å²) >= 11 is 0. The third kappa shape index (κ3) is 6.08. The number of hydrogen-bond acceptors (Lipinski definition) is 8. The lowest BCUT2D eigenvalue weighted by atomic mass is 10.0. The van der Waals surface area contributed by atoms with Crippen molar-refractivity contribution in [1.82, 2.24) is 5.16 Å². The third-order valence-electron chi connectivity index (χ3n) is 5.16. The Balaban J connectivity index is 2.02. The molecular weight excluding hydrogens is 464 g/mol. The van der Waals surface area contributed by atoms with Gasteiger partial charge in [-0.05, 0) is 55.3 Å². The smallest absolute Gasteiger partial charge is 0.387 e. The van der Waals surface area contributed by atoms with Crippen molar-refractivity contribution < 1.29 is 41.8 Å². The Morgan fingerprint density at radius 1 is 0.971 bits per heavy atom. The van der Waals surface area contributed by atoms with Crippen LogP contribution < -0.4 is 18.9 Å². The number of rotatable bonds is 10. The maximum Gasteiger partial charge on any atom is 0.387 e. The molecule has 0 aliphatic carbocycles. The molecule has 3 aromatic rings. The minimum atomic E-state index is -3.01. The number of alkyl halides is 2. The molecule has 1 aromatic heterocycles. The van der Waals surface area contributed by atoms with Crippen LogP contribution in [0.4, 0.5) is 8.78 Å². The fraction of sp³-hybridized carbons (Fsp3) is 0.280. The van der Waals surface area contributed by atoms with Gasteiger partial charge in [0, 0.05) is 0 Å². The van der Waals surface area contributed by atoms with E-state index in [9.17, 15) is 13.6 Å². The summed E-state index contributed by atoms with van der Waals surface area (Å²) in [6.45, 7) is 0.422. The summed E-state index contributed by atoms with van der Waals surface area (Å²) in [6, 6.07) is 9.29. The van der Waals surface area contributed by atoms with Gasteiger partial charge in [0.05, 0.1) is 38.2 Å². The van der Waals surface area contributed by atoms with Crippen LogP contribution in [0.15, 0.2) is 40.9 Å². The van der Waals surface area contributed by atoms with Crippen LogP contribution in [0.3, 0.4) is 0 Å². The molecule has 0 atom stereocenters. The number of aryl methyl sites for hydroxylation is 2. The Hall–Kier alpha value is -4.08. The van der Waals surface area contributed by atoms with E-state index in [1.807, 2.05) is 0 Å². The average molecular weight is 489 g/mol. The maximum absolute atomic E-state index is 13.2. The first-order chi connectivity index (χ1) is 16.8. The van der Waals surface area contributed by atoms with Crippen LogP contribution in [-0.2, 0) is 16.1 Å². The van der Waals surface area contributed by atoms with Gasteiger partial charge >= 0.3 is 12.6 Å². The van der Waals surface area contributed by atoms with Gasteiger partial charge in [-0.3, -0.25) is 0 Å². The monoisotopic (exact) mass is 489 g/mol. The highest BCUT2D eigenvalue weighted by molar-refractivity contribution is 6.21. The van der Waals surface area contributed by atoms with Crippen molar-refractivity contribution in [3.8, 4) is 23.0 Å². The SMILES string of the molecule is COc1ccc(/C(=C\c2ccc(OC(F)F)c(OC)c2)C(=O)OCc2c(C)noc2C)cc1OC. The van der Waals surface area contributed by atoms with Crippen molar-refractivity contribution in [2.75, 3.05) is 21.3 Å². The van der Waals surface area contributed by atoms with Crippen molar-refractivity contribution >= 4 is 17.6 Å². The molecule has 0 radical (unpaired) electrons. The minimum Gasteiger partial charge on any atom is -0.493 e. The topological polar surface area (TPSA) is 89.3 Å². The van der Waals surface area contributed by atoms with Gasteiger partial charge in [-0.25, -0.2) is 4.79 Å². The normalized spacial score (nSPS) is 11.4. The summed E-state index contributed by atoms with van der Waals surface area (Å²) in [4.78, 5) is 13.2. The summed E-state index contributed by atoms with van der Waals surface area (Å²) < 4.78 is 56.3. The van der Waals surface area contributed by atoms with Gasteiger partial charge in [0.1, 0.15) is 12.4 Å². The average Bonchev–Trinajstić information content (AvgIpc) is 3.17. The number of hydrogen-bond donors (Lipinski definition) is 0. The number of methoxy groups -OCH3 is 3. The molecule has 0 amide bonds. The predicted octanol–water partition coefficient (Wildman–Crippen LogP) is 5.20. The van der Waals surface area contributed by atoms with Gasteiger partial charge in [-0.2, -0.15) is 8.78 Å². The molecule has 35 heavy (non-hydrogen) atoms. The summed E-state index contributed by atoms with van der Waals surface area (Å²) in [7, 11) is 4.31. The molecule has 0 unspecified atom stereocenters. The summed E-state index contributed by atoms with van der Waals surface area (Å²) in [5, 5.41) is 3.86. The zero-order chi connectivity index (χ0) is 25.5. The molecule has 186 valence electrons. The van der Waals surface area contributed by atoms with Gasteiger partial charge in [0.25, 0.3) is 0 Å². The number of aromatic nitrogens is 1. The Morgan fingerprint density at radius 3 is 2.23 bits per heavy atom. The van der Waals surface area contributed by atoms with Gasteiger partial charge in [0.15, 0.2) is 23.0 Å². The van der Waals surface area contributed by atoms with Crippen molar-refractivity contribution in [1.29, 1.82) is 0 Å². The fourth-order valence-electron chi connectivity index (χ4n) is 3.32. The highest BCUT2D eigenvalue weighted by atomic mass is 19.3. The van der Waals surface area contributed by atoms with E-state index in [-0.39, 0.29) is 23.7 Å². The van der Waals surface area contributed by atoms with Crippen LogP contribution in [-0.4, -0.2) is 39.1 Å². The van der Waals surface area contributed by atoms with E-state index < -0.39 is 12.6 Å². The molecule has 0 fully saturated rings. The van der Waals surface area contributed by atoms with E-state index in [0.29, 0.717) is 39.6 Å². The van der Waals surface area contributed by atoms with Gasteiger partial charge < -0.3 is 28.2 Å². The molecule has 0 N–H and O–H groups in total. The summed E-state index contributed by atoms with van der Waals surface area (Å²) in [5.74, 6) is 0.751. The van der Waals surface area contributed by atoms with Crippen LogP contribution in [0.5, 0.6) is 23.0 Å². The van der Waals surface area contributed by atoms with Gasteiger partial charge in [0.2, 0.25) is 0 Å². The van der Waals surface area contributed by atoms with Gasteiger partial charge in [-0.15, -0.1) is 0 Å². The number of carbonyl (C=O) groups is 1. The van der Waals surface area contributed by atoms with Crippen LogP contribution >= 0.6 is 0 Å². The van der Waals surface area contributed by atoms with Crippen molar-refractivity contribution in [2.24, 2.45) is 0 Å². The molecule has 3 rings (SSSR count). The van der Waals surface area contributed by atoms with E-state index in [4.69, 9.17) is 23.5 Å². The fourth-order valence-corrected chi connectivity index (χ4v) is 3.32. The number of carbonyl (C=O) groups excluding carboxylic acids is 1. The molecule has 0 aliphatic heterocycles. The van der Waals surface area contributed by atoms with Crippen LogP contribution in [0.2, 0.25) is 0 Å². The van der Waals surface area contributed by atoms with Crippen molar-refractivity contribution in [3.63, 3.8) is 0 Å². The largest absolute Gasteiger partial charge is 0.493 e. The van der Waals surface area contributed by atoms with E-state index in [2.05, 4.69) is 9.89 Å². The Labute approximate surface area is 201 Å². The highest BCUT2D eigenvalue weighted by Gasteiger charge is 2.19. The lowest BCUT2D eigenvalue weighted by Crippen LogP contribution is -2.09. The minimum absolute atomic E-state index is 0.0465. The standard InChI is InChI=1S/C25H25F2NO7/c1-14-19(15(2)35-28-14)13-33-24(29)18(17-7-9-20(30-3)23(12-17)32-5)10-16-6-8-21(34-25(26)27)22(11-16)31-4/h6-12,25H,13H2,1-5H3/b18-10+. The second-order valence-corrected chi connectivity index (χ2v) is 7.30. The van der Waals surface area contributed by atoms with E-state index in [1.165, 1.54) is 39.5 Å². The third-order valence-corrected chi connectivity index (χ3v) is 5.16. The van der Waals surface area contributed by atoms with E-state index in [0.717, 1.165) is 0 Å². The quantitative estimate of drug-likeness (QED) is 0.218. The molecular formula is C25H25F2NO7. The number of halogens is 2. The van der Waals surface area contributed by atoms with Crippen LogP contribution in [0.25, 0.3) is 11.6 Å². The van der Waals surface area contributed by atoms with Crippen molar-refractivity contribution in [3.05, 3.63) is 64.5 Å². The first-order valence-electron chi connectivity index (χ1n) is 10.4. The Kier molecular flexibility index (Phi) is 8.30. The van der Waals surface area contributed by atoms with Crippen LogP contribution in [0.1, 0.15) is 28.1 Å². The summed E-state index contributed by atoms with van der Waals surface area (Å²) in [5.41, 5.74) is 2.44. The molecule has 10 heteroatoms. The predicted molar refractivity (Wildman–Crippen MR) is 123 cm³/mol. The lowest BCUT2D eigenvalue weighted by Gasteiger charge is -2.13. The first kappa shape index (κ1) is 25.5. The molecule has 0 bridgehead atoms. The first-order valence-corrected chi connectivity index (χ1v) is 10.4. The number of esters is 1. The maximum atomic E-state index is 13.2. The molecule has 0 saturated carbocycles. The number of nitrogens with zero attached hydrogens (tertiary/aromatic N) is 1. The Morgan fingerprint density at radius 2 is 1.63 bits per heavy atom. The molecule has 8 nitrogen and oxygen atoms in total. The zero-order valence-corrected chi connectivity index (χ0v) is 19.9. The second kappa shape index (κ2) is 11.4. The van der Waals surface area contributed by atoms with E-state index >= 15 is 0 Å². The number of benzene rings is 2. The zero-order valence-electron chi connectivity index (χ0n) is 19.9. The molecule has 0 spiro atoms. The van der Waals surface area contributed by atoms with E-state index in [1.54, 1.807) is 38.1 Å². The molecule has 2 aromatic carbocycles. The second-order valence-electron chi connectivity index (χ2n) is 7.30. The Bertz CT molecular complexity index is 1200. The van der Waals surface area contributed by atoms with Gasteiger partial charge in [-0.1, -0.05) is 17.3 Å². The van der Waals surface area contributed by atoms with Crippen LogP contribution in [0, 0.1) is 13.8 Å². The molecule has 0 aliphatic rings. The number of ether oxygens (including phenoxy) is 5. The molecule has 1 heterocycles. The lowest BCUT2D eigenvalue weighted by molar-refractivity contribution is -0.137.